The van der Waals surface area contributed by atoms with Gasteiger partial charge in [0, 0.05) is 21.2 Å². The van der Waals surface area contributed by atoms with Crippen LogP contribution in [0, 0.1) is 0 Å². The quantitative estimate of drug-likeness (QED) is 0.532. The van der Waals surface area contributed by atoms with Crippen LogP contribution in [0.5, 0.6) is 0 Å². The third-order valence-electron chi connectivity index (χ3n) is 2.01. The Morgan fingerprint density at radius 1 is 1.33 bits per heavy atom. The van der Waals surface area contributed by atoms with E-state index in [0.717, 1.165) is 0 Å². The Bertz CT molecular complexity index is 512. The van der Waals surface area contributed by atoms with Crippen LogP contribution in [0.3, 0.4) is 0 Å². The first kappa shape index (κ1) is 15.9. The van der Waals surface area contributed by atoms with Gasteiger partial charge in [0.15, 0.2) is 0 Å². The molecule has 0 aliphatic rings. The Kier molecular flexibility index (Phi) is 5.56. The van der Waals surface area contributed by atoms with Crippen molar-refractivity contribution in [3.8, 4) is 0 Å². The maximum Gasteiger partial charge on any atom is 0.242 e. The van der Waals surface area contributed by atoms with Crippen LogP contribution >= 0.6 is 31.9 Å². The summed E-state index contributed by atoms with van der Waals surface area (Å²) in [5, 5.41) is 17.8. The van der Waals surface area contributed by atoms with Crippen LogP contribution in [0.25, 0.3) is 0 Å². The van der Waals surface area contributed by atoms with E-state index in [9.17, 15) is 8.42 Å². The van der Waals surface area contributed by atoms with Crippen LogP contribution < -0.4 is 10.5 Å². The molecular weight excluding hydrogens is 392 g/mol. The standard InChI is InChI=1S/C9H12Br2N2O4S/c10-7-1-5(12)2-8(11)9(7)18(16,17)13-3-6(15)4-14/h1-2,6,13-15H,3-4,12H2. The zero-order valence-electron chi connectivity index (χ0n) is 9.10. The number of hydrogen-bond acceptors (Lipinski definition) is 5. The average Bonchev–Trinajstić information content (AvgIpc) is 2.24. The van der Waals surface area contributed by atoms with Crippen molar-refractivity contribution in [2.45, 2.75) is 11.0 Å². The first-order chi connectivity index (χ1) is 8.27. The third-order valence-corrected chi connectivity index (χ3v) is 5.31. The predicted molar refractivity (Wildman–Crippen MR) is 74.5 cm³/mol. The van der Waals surface area contributed by atoms with Crippen molar-refractivity contribution in [1.29, 1.82) is 0 Å². The summed E-state index contributed by atoms with van der Waals surface area (Å²) in [6.45, 7) is -0.797. The van der Waals surface area contributed by atoms with Crippen molar-refractivity contribution in [3.63, 3.8) is 0 Å². The normalized spacial score (nSPS) is 13.6. The van der Waals surface area contributed by atoms with Gasteiger partial charge < -0.3 is 15.9 Å². The molecule has 0 aliphatic carbocycles. The van der Waals surface area contributed by atoms with E-state index in [0.29, 0.717) is 14.6 Å². The molecule has 0 bridgehead atoms. The highest BCUT2D eigenvalue weighted by atomic mass is 79.9. The molecule has 102 valence electrons. The van der Waals surface area contributed by atoms with Crippen molar-refractivity contribution in [2.24, 2.45) is 0 Å². The van der Waals surface area contributed by atoms with E-state index < -0.39 is 22.7 Å². The fourth-order valence-electron chi connectivity index (χ4n) is 1.18. The van der Waals surface area contributed by atoms with Crippen molar-refractivity contribution < 1.29 is 18.6 Å². The summed E-state index contributed by atoms with van der Waals surface area (Å²) < 4.78 is 26.8. The zero-order chi connectivity index (χ0) is 13.9. The van der Waals surface area contributed by atoms with Crippen LogP contribution in [0.1, 0.15) is 0 Å². The van der Waals surface area contributed by atoms with Gasteiger partial charge in [-0.1, -0.05) is 0 Å². The van der Waals surface area contributed by atoms with Crippen LogP contribution in [0.2, 0.25) is 0 Å². The molecule has 0 amide bonds. The fraction of sp³-hybridized carbons (Fsp3) is 0.333. The molecular formula is C9H12Br2N2O4S. The van der Waals surface area contributed by atoms with Crippen LogP contribution in [0.4, 0.5) is 5.69 Å². The molecule has 1 rings (SSSR count). The number of hydrogen-bond donors (Lipinski definition) is 4. The number of nitrogen functional groups attached to an aromatic ring is 1. The lowest BCUT2D eigenvalue weighted by Gasteiger charge is -2.13. The number of aliphatic hydroxyl groups is 2. The predicted octanol–water partition coefficient (Wildman–Crippen LogP) is 0.425. The maximum absolute atomic E-state index is 12.0. The molecule has 1 aromatic rings. The van der Waals surface area contributed by atoms with E-state index in [4.69, 9.17) is 15.9 Å². The summed E-state index contributed by atoms with van der Waals surface area (Å²) in [4.78, 5) is -0.0122. The molecule has 0 aromatic heterocycles. The van der Waals surface area contributed by atoms with Gasteiger partial charge in [-0.25, -0.2) is 13.1 Å². The molecule has 0 aliphatic heterocycles. The zero-order valence-corrected chi connectivity index (χ0v) is 13.1. The molecule has 1 unspecified atom stereocenters. The Labute approximate surface area is 122 Å². The molecule has 1 atom stereocenters. The number of halogens is 2. The Morgan fingerprint density at radius 3 is 2.28 bits per heavy atom. The molecule has 0 spiro atoms. The number of nitrogens with one attached hydrogen (secondary N) is 1. The van der Waals surface area contributed by atoms with E-state index in [2.05, 4.69) is 36.6 Å². The summed E-state index contributed by atoms with van der Waals surface area (Å²) in [6, 6.07) is 2.92. The van der Waals surface area contributed by atoms with Crippen molar-refractivity contribution in [3.05, 3.63) is 21.1 Å². The summed E-state index contributed by atoms with van der Waals surface area (Å²) >= 11 is 6.23. The minimum atomic E-state index is -3.81. The Morgan fingerprint density at radius 2 is 1.83 bits per heavy atom. The van der Waals surface area contributed by atoms with Gasteiger partial charge in [-0.2, -0.15) is 0 Å². The number of rotatable bonds is 5. The van der Waals surface area contributed by atoms with Crippen LogP contribution in [0.15, 0.2) is 26.0 Å². The molecule has 18 heavy (non-hydrogen) atoms. The molecule has 0 saturated heterocycles. The molecule has 5 N–H and O–H groups in total. The van der Waals surface area contributed by atoms with E-state index in [-0.39, 0.29) is 11.4 Å². The van der Waals surface area contributed by atoms with Gasteiger partial charge in [0.25, 0.3) is 0 Å². The molecule has 0 radical (unpaired) electrons. The second-order valence-electron chi connectivity index (χ2n) is 3.50. The highest BCUT2D eigenvalue weighted by Crippen LogP contribution is 2.32. The van der Waals surface area contributed by atoms with Gasteiger partial charge in [0.05, 0.1) is 12.7 Å². The largest absolute Gasteiger partial charge is 0.399 e. The van der Waals surface area contributed by atoms with Crippen LogP contribution in [-0.2, 0) is 10.0 Å². The summed E-state index contributed by atoms with van der Waals surface area (Å²) in [5.74, 6) is 0. The topological polar surface area (TPSA) is 113 Å². The van der Waals surface area contributed by atoms with Crippen molar-refractivity contribution in [1.82, 2.24) is 4.72 Å². The number of anilines is 1. The SMILES string of the molecule is Nc1cc(Br)c(S(=O)(=O)NCC(O)CO)c(Br)c1. The monoisotopic (exact) mass is 402 g/mol. The minimum absolute atomic E-state index is 0.0122. The van der Waals surface area contributed by atoms with Gasteiger partial charge in [0.2, 0.25) is 10.0 Å². The van der Waals surface area contributed by atoms with Crippen LogP contribution in [-0.4, -0.2) is 37.9 Å². The van der Waals surface area contributed by atoms with Gasteiger partial charge >= 0.3 is 0 Å². The molecule has 0 saturated carbocycles. The second-order valence-corrected chi connectivity index (χ2v) is 6.91. The second kappa shape index (κ2) is 6.31. The molecule has 0 fully saturated rings. The molecule has 9 heteroatoms. The first-order valence-corrected chi connectivity index (χ1v) is 7.88. The summed E-state index contributed by atoms with van der Waals surface area (Å²) in [5.41, 5.74) is 5.97. The van der Waals surface area contributed by atoms with E-state index >= 15 is 0 Å². The highest BCUT2D eigenvalue weighted by Gasteiger charge is 2.22. The summed E-state index contributed by atoms with van der Waals surface area (Å²) in [6.07, 6.45) is -1.15. The van der Waals surface area contributed by atoms with Crippen molar-refractivity contribution >= 4 is 47.6 Å². The van der Waals surface area contributed by atoms with Gasteiger partial charge in [-0.15, -0.1) is 0 Å². The lowest BCUT2D eigenvalue weighted by Crippen LogP contribution is -2.34. The van der Waals surface area contributed by atoms with E-state index in [1.165, 1.54) is 12.1 Å². The third kappa shape index (κ3) is 3.90. The molecule has 1 aromatic carbocycles. The van der Waals surface area contributed by atoms with Gasteiger partial charge in [-0.05, 0) is 44.0 Å². The fourth-order valence-corrected chi connectivity index (χ4v) is 4.87. The Hall–Kier alpha value is -0.190. The average molecular weight is 404 g/mol. The number of aliphatic hydroxyl groups excluding tert-OH is 2. The van der Waals surface area contributed by atoms with E-state index in [1.54, 1.807) is 0 Å². The molecule has 6 nitrogen and oxygen atoms in total. The maximum atomic E-state index is 12.0. The lowest BCUT2D eigenvalue weighted by molar-refractivity contribution is 0.0988. The lowest BCUT2D eigenvalue weighted by atomic mass is 10.3. The van der Waals surface area contributed by atoms with E-state index in [1.807, 2.05) is 0 Å². The number of sulfonamides is 1. The molecule has 0 heterocycles. The summed E-state index contributed by atoms with van der Waals surface area (Å²) in [7, 11) is -3.81. The Balaban J connectivity index is 3.06. The number of nitrogens with two attached hydrogens (primary N) is 1. The smallest absolute Gasteiger partial charge is 0.242 e. The minimum Gasteiger partial charge on any atom is -0.399 e. The highest BCUT2D eigenvalue weighted by molar-refractivity contribution is 9.11. The van der Waals surface area contributed by atoms with Gasteiger partial charge in [-0.3, -0.25) is 0 Å². The number of benzene rings is 1. The van der Waals surface area contributed by atoms with Gasteiger partial charge in [0.1, 0.15) is 4.90 Å². The van der Waals surface area contributed by atoms with Crippen molar-refractivity contribution in [2.75, 3.05) is 18.9 Å². The first-order valence-electron chi connectivity index (χ1n) is 4.81.